The van der Waals surface area contributed by atoms with Crippen molar-refractivity contribution >= 4 is 33.3 Å². The second-order valence-electron chi connectivity index (χ2n) is 7.00. The van der Waals surface area contributed by atoms with Crippen LogP contribution in [0.5, 0.6) is 0 Å². The summed E-state index contributed by atoms with van der Waals surface area (Å²) in [6.45, 7) is 2.41. The lowest BCUT2D eigenvalue weighted by atomic mass is 9.97. The number of aliphatic hydroxyl groups excluding tert-OH is 1. The standard InChI is InChI=1S/C17H19N5O6/c1-7(23)27-6-12-14(24)17(2,26)16(28-12)22-5-9-10(18)3-8-13(9)11(21-22)4-19-20-15(8)25/h3-5,12,14,16,24,26H,6,18H2,1-2H3,(H,20,25). The number of nitrogens with two attached hydrogens (primary N) is 1. The monoisotopic (exact) mass is 389 g/mol. The Labute approximate surface area is 157 Å². The Morgan fingerprint density at radius 1 is 1.50 bits per heavy atom. The van der Waals surface area contributed by atoms with E-state index in [-0.39, 0.29) is 6.61 Å². The van der Waals surface area contributed by atoms with Crippen LogP contribution in [0.2, 0.25) is 0 Å². The minimum Gasteiger partial charge on any atom is -0.463 e. The highest BCUT2D eigenvalue weighted by atomic mass is 16.6. The van der Waals surface area contributed by atoms with Crippen LogP contribution in [0.3, 0.4) is 0 Å². The highest BCUT2D eigenvalue weighted by Gasteiger charge is 2.53. The van der Waals surface area contributed by atoms with E-state index in [1.165, 1.54) is 37.0 Å². The molecule has 3 heterocycles. The van der Waals surface area contributed by atoms with Gasteiger partial charge in [0.2, 0.25) is 0 Å². The minimum absolute atomic E-state index is 0.221. The van der Waals surface area contributed by atoms with Crippen LogP contribution in [-0.4, -0.2) is 60.6 Å². The topological polar surface area (TPSA) is 166 Å². The Balaban J connectivity index is 1.83. The van der Waals surface area contributed by atoms with Gasteiger partial charge in [-0.3, -0.25) is 9.59 Å². The maximum Gasteiger partial charge on any atom is 0.302 e. The Hall–Kier alpha value is -3.02. The smallest absolute Gasteiger partial charge is 0.302 e. The van der Waals surface area contributed by atoms with Crippen LogP contribution in [0.1, 0.15) is 20.1 Å². The predicted octanol–water partition coefficient (Wildman–Crippen LogP) is -0.573. The molecule has 11 heteroatoms. The van der Waals surface area contributed by atoms with Crippen molar-refractivity contribution in [2.45, 2.75) is 37.9 Å². The van der Waals surface area contributed by atoms with E-state index in [0.29, 0.717) is 27.4 Å². The zero-order chi connectivity index (χ0) is 20.2. The lowest BCUT2D eigenvalue weighted by molar-refractivity contribution is -0.147. The number of H-pyrrole nitrogens is 1. The Morgan fingerprint density at radius 3 is 2.96 bits per heavy atom. The molecule has 11 nitrogen and oxygen atoms in total. The molecule has 0 saturated carbocycles. The van der Waals surface area contributed by atoms with Crippen LogP contribution in [0, 0.1) is 0 Å². The summed E-state index contributed by atoms with van der Waals surface area (Å²) in [6.07, 6.45) is -0.474. The van der Waals surface area contributed by atoms with E-state index in [0.717, 1.165) is 0 Å². The molecule has 4 atom stereocenters. The zero-order valence-corrected chi connectivity index (χ0v) is 15.1. The largest absolute Gasteiger partial charge is 0.463 e. The summed E-state index contributed by atoms with van der Waals surface area (Å²) < 4.78 is 12.0. The average Bonchev–Trinajstić information content (AvgIpc) is 3.01. The third-order valence-electron chi connectivity index (χ3n) is 4.93. The van der Waals surface area contributed by atoms with Gasteiger partial charge in [0.1, 0.15) is 29.9 Å². The number of nitrogen functional groups attached to an aromatic ring is 1. The average molecular weight is 389 g/mol. The van der Waals surface area contributed by atoms with Crippen LogP contribution in [-0.2, 0) is 14.3 Å². The van der Waals surface area contributed by atoms with Crippen molar-refractivity contribution in [2.75, 3.05) is 12.3 Å². The normalized spacial score (nSPS) is 27.5. The van der Waals surface area contributed by atoms with Crippen LogP contribution in [0.15, 0.2) is 23.3 Å². The van der Waals surface area contributed by atoms with E-state index in [2.05, 4.69) is 15.3 Å². The predicted molar refractivity (Wildman–Crippen MR) is 97.2 cm³/mol. The second kappa shape index (κ2) is 6.26. The Kier molecular flexibility index (Phi) is 4.10. The summed E-state index contributed by atoms with van der Waals surface area (Å²) in [5, 5.41) is 33.3. The fourth-order valence-electron chi connectivity index (χ4n) is 3.51. The number of hydrogen-bond acceptors (Lipinski definition) is 9. The number of aromatic nitrogens is 4. The highest BCUT2D eigenvalue weighted by Crippen LogP contribution is 2.39. The molecule has 1 aliphatic rings. The van der Waals surface area contributed by atoms with Gasteiger partial charge in [0.15, 0.2) is 6.23 Å². The van der Waals surface area contributed by atoms with Crippen LogP contribution >= 0.6 is 0 Å². The summed E-state index contributed by atoms with van der Waals surface area (Å²) in [6, 6.07) is 1.52. The van der Waals surface area contributed by atoms with E-state index in [4.69, 9.17) is 15.2 Å². The molecule has 28 heavy (non-hydrogen) atoms. The molecule has 1 fully saturated rings. The quantitative estimate of drug-likeness (QED) is 0.429. The van der Waals surface area contributed by atoms with E-state index in [1.807, 2.05) is 0 Å². The van der Waals surface area contributed by atoms with Gasteiger partial charge in [0.05, 0.1) is 11.6 Å². The van der Waals surface area contributed by atoms with E-state index >= 15 is 0 Å². The van der Waals surface area contributed by atoms with Gasteiger partial charge in [-0.15, -0.1) is 0 Å². The van der Waals surface area contributed by atoms with E-state index < -0.39 is 35.6 Å². The number of esters is 1. The lowest BCUT2D eigenvalue weighted by Crippen LogP contribution is -2.44. The first-order valence-electron chi connectivity index (χ1n) is 8.54. The first-order chi connectivity index (χ1) is 13.2. The molecule has 5 N–H and O–H groups in total. The van der Waals surface area contributed by atoms with Crippen LogP contribution in [0.25, 0.3) is 21.7 Å². The molecule has 0 bridgehead atoms. The fourth-order valence-corrected chi connectivity index (χ4v) is 3.51. The summed E-state index contributed by atoms with van der Waals surface area (Å²) in [7, 11) is 0. The second-order valence-corrected chi connectivity index (χ2v) is 7.00. The molecular weight excluding hydrogens is 370 g/mol. The van der Waals surface area contributed by atoms with Crippen molar-refractivity contribution in [3.05, 3.63) is 28.8 Å². The SMILES string of the molecule is CC(=O)OCC1OC(n2cc3c(N)cc4c(=O)[nH]ncc(n2)c34)C(C)(O)C1O. The lowest BCUT2D eigenvalue weighted by Gasteiger charge is -2.27. The molecular formula is C17H19N5O6. The number of nitrogens with zero attached hydrogens (tertiary/aromatic N) is 3. The molecule has 1 saturated heterocycles. The Morgan fingerprint density at radius 2 is 2.25 bits per heavy atom. The first-order valence-corrected chi connectivity index (χ1v) is 8.54. The number of carbonyl (C=O) groups is 1. The number of aliphatic hydroxyl groups is 2. The number of aromatic amines is 1. The molecule has 1 aliphatic heterocycles. The summed E-state index contributed by atoms with van der Waals surface area (Å²) in [5.74, 6) is -0.530. The van der Waals surface area contributed by atoms with Crippen molar-refractivity contribution < 1.29 is 24.5 Å². The van der Waals surface area contributed by atoms with Gasteiger partial charge in [-0.1, -0.05) is 0 Å². The third-order valence-corrected chi connectivity index (χ3v) is 4.93. The summed E-state index contributed by atoms with van der Waals surface area (Å²) in [5.41, 5.74) is 4.62. The van der Waals surface area contributed by atoms with Crippen molar-refractivity contribution in [1.29, 1.82) is 0 Å². The van der Waals surface area contributed by atoms with E-state index in [1.54, 1.807) is 0 Å². The molecule has 4 unspecified atom stereocenters. The molecule has 3 aromatic rings. The van der Waals surface area contributed by atoms with Crippen molar-refractivity contribution in [3.8, 4) is 0 Å². The van der Waals surface area contributed by atoms with Crippen molar-refractivity contribution in [3.63, 3.8) is 0 Å². The van der Waals surface area contributed by atoms with Crippen molar-refractivity contribution in [2.24, 2.45) is 0 Å². The van der Waals surface area contributed by atoms with E-state index in [9.17, 15) is 19.8 Å². The van der Waals surface area contributed by atoms with Gasteiger partial charge < -0.3 is 25.4 Å². The number of rotatable bonds is 3. The third kappa shape index (κ3) is 2.71. The molecule has 0 radical (unpaired) electrons. The molecule has 0 spiro atoms. The molecule has 0 aliphatic carbocycles. The number of carbonyl (C=O) groups excluding carboxylic acids is 1. The summed E-state index contributed by atoms with van der Waals surface area (Å²) in [4.78, 5) is 23.2. The molecule has 1 aromatic carbocycles. The maximum atomic E-state index is 12.1. The molecule has 0 amide bonds. The van der Waals surface area contributed by atoms with Gasteiger partial charge in [-0.2, -0.15) is 10.2 Å². The van der Waals surface area contributed by atoms with Gasteiger partial charge in [-0.25, -0.2) is 9.78 Å². The highest BCUT2D eigenvalue weighted by molar-refractivity contribution is 6.14. The summed E-state index contributed by atoms with van der Waals surface area (Å²) >= 11 is 0. The number of anilines is 1. The van der Waals surface area contributed by atoms with Crippen molar-refractivity contribution in [1.82, 2.24) is 20.0 Å². The zero-order valence-electron chi connectivity index (χ0n) is 15.1. The van der Waals surface area contributed by atoms with Gasteiger partial charge in [0, 0.05) is 29.6 Å². The van der Waals surface area contributed by atoms with Gasteiger partial charge in [-0.05, 0) is 13.0 Å². The Bertz CT molecular complexity index is 1140. The van der Waals surface area contributed by atoms with Gasteiger partial charge >= 0.3 is 5.97 Å². The number of ether oxygens (including phenoxy) is 2. The first kappa shape index (κ1) is 18.3. The number of nitrogens with one attached hydrogen (secondary N) is 1. The minimum atomic E-state index is -1.73. The molecule has 148 valence electrons. The molecule has 4 rings (SSSR count). The van der Waals surface area contributed by atoms with Crippen LogP contribution in [0.4, 0.5) is 5.69 Å². The van der Waals surface area contributed by atoms with Gasteiger partial charge in [0.25, 0.3) is 5.56 Å². The number of hydrogen-bond donors (Lipinski definition) is 4. The maximum absolute atomic E-state index is 12.1. The molecule has 2 aromatic heterocycles. The van der Waals surface area contributed by atoms with Crippen LogP contribution < -0.4 is 11.3 Å². The fraction of sp³-hybridized carbons (Fsp3) is 0.412.